The fraction of sp³-hybridized carbons (Fsp3) is 0.235. The predicted molar refractivity (Wildman–Crippen MR) is 81.1 cm³/mol. The van der Waals surface area contributed by atoms with Gasteiger partial charge in [-0.2, -0.15) is 0 Å². The van der Waals surface area contributed by atoms with Crippen molar-refractivity contribution in [3.8, 4) is 0 Å². The summed E-state index contributed by atoms with van der Waals surface area (Å²) in [6.07, 6.45) is 1.96. The van der Waals surface area contributed by atoms with Crippen molar-refractivity contribution in [2.45, 2.75) is 18.3 Å². The van der Waals surface area contributed by atoms with Crippen molar-refractivity contribution >= 4 is 17.5 Å². The summed E-state index contributed by atoms with van der Waals surface area (Å²) in [5, 5.41) is 3.47. The van der Waals surface area contributed by atoms with Gasteiger partial charge in [-0.05, 0) is 48.7 Å². The summed E-state index contributed by atoms with van der Waals surface area (Å²) in [5.74, 6) is -2.39. The molecule has 1 saturated carbocycles. The second-order valence-electron chi connectivity index (χ2n) is 5.60. The van der Waals surface area contributed by atoms with E-state index in [1.165, 1.54) is 6.07 Å². The van der Waals surface area contributed by atoms with Gasteiger partial charge < -0.3 is 5.32 Å². The van der Waals surface area contributed by atoms with Gasteiger partial charge in [-0.25, -0.2) is 8.78 Å². The molecule has 22 heavy (non-hydrogen) atoms. The molecule has 0 heterocycles. The Kier molecular flexibility index (Phi) is 3.87. The van der Waals surface area contributed by atoms with Gasteiger partial charge in [0.15, 0.2) is 11.6 Å². The highest BCUT2D eigenvalue weighted by atomic mass is 35.5. The number of rotatable bonds is 4. The third-order valence-corrected chi connectivity index (χ3v) is 4.33. The maximum absolute atomic E-state index is 13.2. The molecule has 1 N–H and O–H groups in total. The van der Waals surface area contributed by atoms with Crippen LogP contribution < -0.4 is 5.32 Å². The van der Waals surface area contributed by atoms with Gasteiger partial charge in [0.05, 0.1) is 0 Å². The van der Waals surface area contributed by atoms with E-state index < -0.39 is 17.5 Å². The fourth-order valence-corrected chi connectivity index (χ4v) is 2.64. The minimum Gasteiger partial charge on any atom is -0.351 e. The van der Waals surface area contributed by atoms with E-state index in [2.05, 4.69) is 5.32 Å². The zero-order chi connectivity index (χ0) is 15.7. The predicted octanol–water partition coefficient (Wildman–Crippen LogP) is 4.08. The maximum Gasteiger partial charge on any atom is 0.251 e. The molecule has 0 radical (unpaired) electrons. The number of amides is 1. The molecule has 0 bridgehead atoms. The molecule has 0 aliphatic heterocycles. The van der Waals surface area contributed by atoms with Crippen LogP contribution in [0.3, 0.4) is 0 Å². The van der Waals surface area contributed by atoms with E-state index in [1.54, 1.807) is 0 Å². The second kappa shape index (κ2) is 5.69. The SMILES string of the molecule is O=C(NCC1(c2ccc(Cl)cc2)CC1)c1ccc(F)c(F)c1. The molecule has 114 valence electrons. The summed E-state index contributed by atoms with van der Waals surface area (Å²) >= 11 is 5.88. The summed E-state index contributed by atoms with van der Waals surface area (Å²) < 4.78 is 26.0. The average Bonchev–Trinajstić information content (AvgIpc) is 3.29. The lowest BCUT2D eigenvalue weighted by Gasteiger charge is -2.17. The highest BCUT2D eigenvalue weighted by Gasteiger charge is 2.44. The van der Waals surface area contributed by atoms with Crippen molar-refractivity contribution in [3.05, 3.63) is 70.2 Å². The summed E-state index contributed by atoms with van der Waals surface area (Å²) in [4.78, 5) is 12.0. The van der Waals surface area contributed by atoms with Gasteiger partial charge in [0.25, 0.3) is 5.91 Å². The van der Waals surface area contributed by atoms with E-state index >= 15 is 0 Å². The van der Waals surface area contributed by atoms with E-state index in [9.17, 15) is 13.6 Å². The minimum absolute atomic E-state index is 0.0706. The quantitative estimate of drug-likeness (QED) is 0.903. The van der Waals surface area contributed by atoms with Crippen molar-refractivity contribution in [1.29, 1.82) is 0 Å². The molecule has 5 heteroatoms. The number of nitrogens with one attached hydrogen (secondary N) is 1. The summed E-state index contributed by atoms with van der Waals surface area (Å²) in [5.41, 5.74) is 1.17. The molecule has 0 saturated heterocycles. The topological polar surface area (TPSA) is 29.1 Å². The Morgan fingerprint density at radius 2 is 1.77 bits per heavy atom. The molecule has 0 unspecified atom stereocenters. The van der Waals surface area contributed by atoms with Crippen LogP contribution in [0.2, 0.25) is 5.02 Å². The first-order valence-electron chi connectivity index (χ1n) is 6.99. The lowest BCUT2D eigenvalue weighted by molar-refractivity contribution is 0.0949. The Balaban J connectivity index is 1.68. The van der Waals surface area contributed by atoms with Gasteiger partial charge in [0.1, 0.15) is 0 Å². The molecular formula is C17H14ClF2NO. The van der Waals surface area contributed by atoms with Crippen LogP contribution in [0.15, 0.2) is 42.5 Å². The minimum atomic E-state index is -1.02. The van der Waals surface area contributed by atoms with Crippen molar-refractivity contribution in [1.82, 2.24) is 5.32 Å². The summed E-state index contributed by atoms with van der Waals surface area (Å²) in [7, 11) is 0. The molecule has 1 aliphatic rings. The number of hydrogen-bond donors (Lipinski definition) is 1. The van der Waals surface area contributed by atoms with E-state index in [4.69, 9.17) is 11.6 Å². The molecule has 2 nitrogen and oxygen atoms in total. The third-order valence-electron chi connectivity index (χ3n) is 4.08. The van der Waals surface area contributed by atoms with E-state index in [-0.39, 0.29) is 11.0 Å². The Labute approximate surface area is 132 Å². The number of carbonyl (C=O) groups excluding carboxylic acids is 1. The highest BCUT2D eigenvalue weighted by Crippen LogP contribution is 2.47. The van der Waals surface area contributed by atoms with Crippen molar-refractivity contribution in [3.63, 3.8) is 0 Å². The number of halogens is 3. The van der Waals surface area contributed by atoms with Crippen LogP contribution in [0.4, 0.5) is 8.78 Å². The van der Waals surface area contributed by atoms with Crippen LogP contribution in [0, 0.1) is 11.6 Å². The highest BCUT2D eigenvalue weighted by molar-refractivity contribution is 6.30. The van der Waals surface area contributed by atoms with Crippen molar-refractivity contribution in [2.24, 2.45) is 0 Å². The summed E-state index contributed by atoms with van der Waals surface area (Å²) in [6, 6.07) is 10.7. The first kappa shape index (κ1) is 15.0. The normalized spacial score (nSPS) is 15.4. The maximum atomic E-state index is 13.2. The van der Waals surface area contributed by atoms with Gasteiger partial charge >= 0.3 is 0 Å². The Morgan fingerprint density at radius 1 is 1.09 bits per heavy atom. The first-order chi connectivity index (χ1) is 10.5. The molecule has 2 aromatic rings. The Morgan fingerprint density at radius 3 is 2.36 bits per heavy atom. The van der Waals surface area contributed by atoms with E-state index in [0.29, 0.717) is 11.6 Å². The van der Waals surface area contributed by atoms with Crippen molar-refractivity contribution < 1.29 is 13.6 Å². The van der Waals surface area contributed by atoms with Gasteiger partial charge in [-0.1, -0.05) is 23.7 Å². The molecule has 1 amide bonds. The van der Waals surface area contributed by atoms with Crippen LogP contribution in [-0.2, 0) is 5.41 Å². The number of hydrogen-bond acceptors (Lipinski definition) is 1. The first-order valence-corrected chi connectivity index (χ1v) is 7.37. The molecule has 1 fully saturated rings. The van der Waals surface area contributed by atoms with Crippen LogP contribution in [0.1, 0.15) is 28.8 Å². The standard InChI is InChI=1S/C17H14ClF2NO/c18-13-4-2-12(3-5-13)17(7-8-17)10-21-16(22)11-1-6-14(19)15(20)9-11/h1-6,9H,7-8,10H2,(H,21,22). The largest absolute Gasteiger partial charge is 0.351 e. The molecule has 3 rings (SSSR count). The molecule has 1 aliphatic carbocycles. The van der Waals surface area contributed by atoms with Gasteiger partial charge in [0, 0.05) is 22.5 Å². The van der Waals surface area contributed by atoms with Gasteiger partial charge in [-0.15, -0.1) is 0 Å². The molecule has 0 atom stereocenters. The zero-order valence-corrected chi connectivity index (χ0v) is 12.5. The van der Waals surface area contributed by atoms with Gasteiger partial charge in [-0.3, -0.25) is 4.79 Å². The Hall–Kier alpha value is -1.94. The van der Waals surface area contributed by atoms with Crippen LogP contribution in [-0.4, -0.2) is 12.5 Å². The smallest absolute Gasteiger partial charge is 0.251 e. The van der Waals surface area contributed by atoms with Crippen molar-refractivity contribution in [2.75, 3.05) is 6.54 Å². The molecule has 2 aromatic carbocycles. The lowest BCUT2D eigenvalue weighted by Crippen LogP contribution is -2.32. The van der Waals surface area contributed by atoms with E-state index in [1.807, 2.05) is 24.3 Å². The monoisotopic (exact) mass is 321 g/mol. The lowest BCUT2D eigenvalue weighted by atomic mass is 9.96. The average molecular weight is 322 g/mol. The van der Waals surface area contributed by atoms with Crippen LogP contribution >= 0.6 is 11.6 Å². The third kappa shape index (κ3) is 2.97. The fourth-order valence-electron chi connectivity index (χ4n) is 2.51. The van der Waals surface area contributed by atoms with Gasteiger partial charge in [0.2, 0.25) is 0 Å². The Bertz CT molecular complexity index is 711. The second-order valence-corrected chi connectivity index (χ2v) is 6.04. The van der Waals surface area contributed by atoms with Crippen LogP contribution in [0.5, 0.6) is 0 Å². The zero-order valence-electron chi connectivity index (χ0n) is 11.7. The molecular weight excluding hydrogens is 308 g/mol. The number of carbonyl (C=O) groups is 1. The van der Waals surface area contributed by atoms with Crippen LogP contribution in [0.25, 0.3) is 0 Å². The van der Waals surface area contributed by atoms with E-state index in [0.717, 1.165) is 30.5 Å². The summed E-state index contributed by atoms with van der Waals surface area (Å²) in [6.45, 7) is 0.465. The number of benzene rings is 2. The molecule has 0 spiro atoms. The molecule has 0 aromatic heterocycles.